The summed E-state index contributed by atoms with van der Waals surface area (Å²) in [6.07, 6.45) is 3.33. The number of aryl methyl sites for hydroxylation is 1. The van der Waals surface area contributed by atoms with Gasteiger partial charge in [-0.3, -0.25) is 0 Å². The van der Waals surface area contributed by atoms with Crippen molar-refractivity contribution in [2.24, 2.45) is 0 Å². The molecule has 10 heteroatoms. The SMILES string of the molecule is Cc1cc(NS(=O)(=O)c2ccc(-n3cc(-c4ccccc4)c4c(N)ncnc43)cc2)on1. The molecule has 0 amide bonds. The van der Waals surface area contributed by atoms with E-state index in [0.29, 0.717) is 17.2 Å². The first-order valence-corrected chi connectivity index (χ1v) is 11.1. The number of nitrogens with one attached hydrogen (secondary N) is 1. The summed E-state index contributed by atoms with van der Waals surface area (Å²) >= 11 is 0. The van der Waals surface area contributed by atoms with Gasteiger partial charge in [0.05, 0.1) is 16.0 Å². The van der Waals surface area contributed by atoms with E-state index in [4.69, 9.17) is 10.3 Å². The zero-order valence-corrected chi connectivity index (χ0v) is 17.7. The average Bonchev–Trinajstić information content (AvgIpc) is 3.38. The molecular weight excluding hydrogens is 428 g/mol. The summed E-state index contributed by atoms with van der Waals surface area (Å²) in [6.45, 7) is 1.71. The van der Waals surface area contributed by atoms with Gasteiger partial charge in [0.15, 0.2) is 5.65 Å². The number of nitrogens with zero attached hydrogens (tertiary/aromatic N) is 4. The van der Waals surface area contributed by atoms with Crippen LogP contribution >= 0.6 is 0 Å². The highest BCUT2D eigenvalue weighted by molar-refractivity contribution is 7.92. The Morgan fingerprint density at radius 1 is 1.03 bits per heavy atom. The monoisotopic (exact) mass is 446 g/mol. The van der Waals surface area contributed by atoms with Crippen molar-refractivity contribution in [3.05, 3.63) is 78.9 Å². The molecular formula is C22H18N6O3S. The van der Waals surface area contributed by atoms with Crippen LogP contribution in [0.25, 0.3) is 27.8 Å². The lowest BCUT2D eigenvalue weighted by molar-refractivity contribution is 0.430. The first-order valence-electron chi connectivity index (χ1n) is 9.66. The van der Waals surface area contributed by atoms with Gasteiger partial charge in [0, 0.05) is 23.5 Å². The zero-order valence-electron chi connectivity index (χ0n) is 16.9. The van der Waals surface area contributed by atoms with Gasteiger partial charge >= 0.3 is 0 Å². The number of fused-ring (bicyclic) bond motifs is 1. The lowest BCUT2D eigenvalue weighted by Gasteiger charge is -2.08. The van der Waals surface area contributed by atoms with Crippen LogP contribution in [0.2, 0.25) is 0 Å². The molecule has 0 aliphatic heterocycles. The Labute approximate surface area is 183 Å². The maximum absolute atomic E-state index is 12.7. The van der Waals surface area contributed by atoms with E-state index in [9.17, 15) is 8.42 Å². The van der Waals surface area contributed by atoms with Crippen molar-refractivity contribution in [1.82, 2.24) is 19.7 Å². The van der Waals surface area contributed by atoms with Crippen LogP contribution in [0.5, 0.6) is 0 Å². The molecule has 5 rings (SSSR count). The number of rotatable bonds is 5. The summed E-state index contributed by atoms with van der Waals surface area (Å²) in [5, 5.41) is 4.42. The third kappa shape index (κ3) is 3.46. The fourth-order valence-corrected chi connectivity index (χ4v) is 4.48. The van der Waals surface area contributed by atoms with E-state index in [0.717, 1.165) is 22.2 Å². The van der Waals surface area contributed by atoms with E-state index in [2.05, 4.69) is 19.8 Å². The highest BCUT2D eigenvalue weighted by Crippen LogP contribution is 2.34. The van der Waals surface area contributed by atoms with Crippen molar-refractivity contribution in [2.45, 2.75) is 11.8 Å². The normalized spacial score (nSPS) is 11.7. The molecule has 0 aliphatic carbocycles. The molecule has 9 nitrogen and oxygen atoms in total. The van der Waals surface area contributed by atoms with Crippen LogP contribution < -0.4 is 10.5 Å². The number of hydrogen-bond acceptors (Lipinski definition) is 7. The molecule has 3 heterocycles. The molecule has 0 bridgehead atoms. The number of aromatic nitrogens is 4. The van der Waals surface area contributed by atoms with E-state index in [1.807, 2.05) is 41.1 Å². The molecule has 160 valence electrons. The van der Waals surface area contributed by atoms with Gasteiger partial charge in [-0.15, -0.1) is 0 Å². The maximum atomic E-state index is 12.7. The predicted molar refractivity (Wildman–Crippen MR) is 121 cm³/mol. The lowest BCUT2D eigenvalue weighted by Crippen LogP contribution is -2.12. The molecule has 5 aromatic rings. The quantitative estimate of drug-likeness (QED) is 0.420. The number of hydrogen-bond donors (Lipinski definition) is 2. The number of nitrogen functional groups attached to an aromatic ring is 1. The van der Waals surface area contributed by atoms with Crippen molar-refractivity contribution in [2.75, 3.05) is 10.5 Å². The molecule has 3 aromatic heterocycles. The summed E-state index contributed by atoms with van der Waals surface area (Å²) in [7, 11) is -3.82. The minimum atomic E-state index is -3.82. The smallest absolute Gasteiger partial charge is 0.264 e. The maximum Gasteiger partial charge on any atom is 0.264 e. The fraction of sp³-hybridized carbons (Fsp3) is 0.0455. The van der Waals surface area contributed by atoms with E-state index in [1.165, 1.54) is 24.5 Å². The third-order valence-corrected chi connectivity index (χ3v) is 6.35. The van der Waals surface area contributed by atoms with Crippen LogP contribution in [0.1, 0.15) is 5.69 Å². The Morgan fingerprint density at radius 3 is 2.47 bits per heavy atom. The number of benzene rings is 2. The molecule has 0 saturated heterocycles. The second kappa shape index (κ2) is 7.50. The molecule has 0 fully saturated rings. The van der Waals surface area contributed by atoms with Crippen LogP contribution in [-0.2, 0) is 10.0 Å². The molecule has 2 aromatic carbocycles. The van der Waals surface area contributed by atoms with Gasteiger partial charge in [-0.2, -0.15) is 0 Å². The molecule has 0 radical (unpaired) electrons. The van der Waals surface area contributed by atoms with Crippen molar-refractivity contribution < 1.29 is 12.9 Å². The zero-order chi connectivity index (χ0) is 22.3. The van der Waals surface area contributed by atoms with Gasteiger partial charge in [0.2, 0.25) is 5.88 Å². The van der Waals surface area contributed by atoms with Crippen LogP contribution in [0.15, 0.2) is 82.6 Å². The number of anilines is 2. The second-order valence-electron chi connectivity index (χ2n) is 7.17. The first kappa shape index (κ1) is 19.8. The largest absolute Gasteiger partial charge is 0.383 e. The van der Waals surface area contributed by atoms with Crippen LogP contribution in [-0.4, -0.2) is 28.1 Å². The molecule has 3 N–H and O–H groups in total. The van der Waals surface area contributed by atoms with Crippen molar-refractivity contribution in [1.29, 1.82) is 0 Å². The summed E-state index contributed by atoms with van der Waals surface area (Å²) in [5.41, 5.74) is 9.97. The van der Waals surface area contributed by atoms with E-state index < -0.39 is 10.0 Å². The predicted octanol–water partition coefficient (Wildman–Crippen LogP) is 3.77. The van der Waals surface area contributed by atoms with Gasteiger partial charge in [0.25, 0.3) is 10.0 Å². The van der Waals surface area contributed by atoms with Gasteiger partial charge < -0.3 is 14.8 Å². The first-order chi connectivity index (χ1) is 15.4. The minimum Gasteiger partial charge on any atom is -0.383 e. The molecule has 32 heavy (non-hydrogen) atoms. The Balaban J connectivity index is 1.56. The number of sulfonamides is 1. The van der Waals surface area contributed by atoms with Gasteiger partial charge in [-0.25, -0.2) is 23.1 Å². The molecule has 0 spiro atoms. The number of nitrogens with two attached hydrogens (primary N) is 1. The standard InChI is InChI=1S/C22H18N6O3S/c1-14-11-19(31-26-14)27-32(29,30)17-9-7-16(8-10-17)28-12-18(15-5-3-2-4-6-15)20-21(23)24-13-25-22(20)28/h2-13,27H,1H3,(H2,23,24,25). The lowest BCUT2D eigenvalue weighted by atomic mass is 10.1. The Kier molecular flexibility index (Phi) is 4.63. The van der Waals surface area contributed by atoms with Crippen molar-refractivity contribution in [3.8, 4) is 16.8 Å². The van der Waals surface area contributed by atoms with Crippen molar-refractivity contribution >= 4 is 32.8 Å². The van der Waals surface area contributed by atoms with E-state index in [1.54, 1.807) is 19.1 Å². The minimum absolute atomic E-state index is 0.0580. The van der Waals surface area contributed by atoms with Crippen LogP contribution in [0.3, 0.4) is 0 Å². The molecule has 0 unspecified atom stereocenters. The van der Waals surface area contributed by atoms with Gasteiger partial charge in [-0.1, -0.05) is 35.5 Å². The highest BCUT2D eigenvalue weighted by Gasteiger charge is 2.19. The van der Waals surface area contributed by atoms with E-state index >= 15 is 0 Å². The van der Waals surface area contributed by atoms with Gasteiger partial charge in [0.1, 0.15) is 12.1 Å². The summed E-state index contributed by atoms with van der Waals surface area (Å²) in [4.78, 5) is 8.64. The van der Waals surface area contributed by atoms with E-state index in [-0.39, 0.29) is 10.8 Å². The molecule has 0 atom stereocenters. The summed E-state index contributed by atoms with van der Waals surface area (Å²) in [5.74, 6) is 0.431. The summed E-state index contributed by atoms with van der Waals surface area (Å²) < 4.78 is 34.5. The summed E-state index contributed by atoms with van der Waals surface area (Å²) in [6, 6.07) is 17.7. The fourth-order valence-electron chi connectivity index (χ4n) is 3.51. The Hall–Kier alpha value is -4.18. The van der Waals surface area contributed by atoms with Gasteiger partial charge in [-0.05, 0) is 36.8 Å². The molecule has 0 saturated carbocycles. The molecule has 0 aliphatic rings. The average molecular weight is 446 g/mol. The second-order valence-corrected chi connectivity index (χ2v) is 8.85. The third-order valence-electron chi connectivity index (χ3n) is 4.99. The Bertz CT molecular complexity index is 1520. The Morgan fingerprint density at radius 2 is 1.78 bits per heavy atom. The highest BCUT2D eigenvalue weighted by atomic mass is 32.2. The van der Waals surface area contributed by atoms with Crippen molar-refractivity contribution in [3.63, 3.8) is 0 Å². The topological polar surface area (TPSA) is 129 Å². The van der Waals surface area contributed by atoms with Crippen LogP contribution in [0, 0.1) is 6.92 Å². The van der Waals surface area contributed by atoms with Crippen LogP contribution in [0.4, 0.5) is 11.7 Å².